The smallest absolute Gasteiger partial charge is 0.242 e. The van der Waals surface area contributed by atoms with E-state index in [0.29, 0.717) is 6.42 Å². The van der Waals surface area contributed by atoms with E-state index in [0.717, 1.165) is 0 Å². The van der Waals surface area contributed by atoms with Gasteiger partial charge >= 0.3 is 0 Å². The van der Waals surface area contributed by atoms with Gasteiger partial charge in [-0.1, -0.05) is 6.92 Å². The molecule has 1 heterocycles. The molecule has 0 saturated carbocycles. The first-order chi connectivity index (χ1) is 7.44. The van der Waals surface area contributed by atoms with Gasteiger partial charge in [0.05, 0.1) is 18.8 Å². The molecule has 1 aliphatic rings. The summed E-state index contributed by atoms with van der Waals surface area (Å²) >= 11 is 0. The van der Waals surface area contributed by atoms with Gasteiger partial charge in [0, 0.05) is 12.3 Å². The minimum atomic E-state index is -3.10. The van der Waals surface area contributed by atoms with Gasteiger partial charge < -0.3 is 10.2 Å². The van der Waals surface area contributed by atoms with Crippen molar-refractivity contribution < 1.29 is 18.0 Å². The Morgan fingerprint density at radius 1 is 1.31 bits per heavy atom. The van der Waals surface area contributed by atoms with Crippen LogP contribution in [0.2, 0.25) is 0 Å². The predicted molar refractivity (Wildman–Crippen MR) is 58.5 cm³/mol. The molecule has 0 radical (unpaired) electrons. The number of amides is 2. The zero-order valence-electron chi connectivity index (χ0n) is 9.23. The van der Waals surface area contributed by atoms with E-state index in [4.69, 9.17) is 0 Å². The topological polar surface area (TPSA) is 83.6 Å². The average Bonchev–Trinajstić information content (AvgIpc) is 2.19. The molecule has 92 valence electrons. The fraction of sp³-hybridized carbons (Fsp3) is 0.778. The zero-order valence-corrected chi connectivity index (χ0v) is 10.0. The number of hydrogen-bond acceptors (Lipinski definition) is 4. The molecule has 0 aliphatic carbocycles. The summed E-state index contributed by atoms with van der Waals surface area (Å²) in [6, 6.07) is 0. The van der Waals surface area contributed by atoms with Gasteiger partial charge in [0.25, 0.3) is 0 Å². The van der Waals surface area contributed by atoms with Gasteiger partial charge in [0.2, 0.25) is 11.8 Å². The zero-order chi connectivity index (χ0) is 12.2. The highest BCUT2D eigenvalue weighted by molar-refractivity contribution is 7.91. The Labute approximate surface area is 94.9 Å². The summed E-state index contributed by atoms with van der Waals surface area (Å²) in [6.45, 7) is 1.82. The van der Waals surface area contributed by atoms with Crippen molar-refractivity contribution in [3.8, 4) is 0 Å². The van der Waals surface area contributed by atoms with E-state index in [2.05, 4.69) is 5.32 Å². The number of hydrogen-bond donors (Lipinski definition) is 1. The van der Waals surface area contributed by atoms with Crippen LogP contribution in [0.1, 0.15) is 13.3 Å². The number of rotatable bonds is 5. The lowest BCUT2D eigenvalue weighted by Crippen LogP contribution is -2.52. The van der Waals surface area contributed by atoms with Crippen molar-refractivity contribution >= 4 is 21.7 Å². The third-order valence-corrected chi connectivity index (χ3v) is 4.15. The fourth-order valence-electron chi connectivity index (χ4n) is 1.47. The SMILES string of the molecule is CCCS(=O)(=O)CCN1CC(=O)NCC1=O. The van der Waals surface area contributed by atoms with Crippen LogP contribution in [0.25, 0.3) is 0 Å². The van der Waals surface area contributed by atoms with Crippen LogP contribution in [0.4, 0.5) is 0 Å². The van der Waals surface area contributed by atoms with Crippen molar-refractivity contribution in [2.24, 2.45) is 0 Å². The summed E-state index contributed by atoms with van der Waals surface area (Å²) in [5.41, 5.74) is 0. The Kier molecular flexibility index (Phi) is 4.28. The van der Waals surface area contributed by atoms with E-state index in [-0.39, 0.29) is 43.0 Å². The van der Waals surface area contributed by atoms with Crippen LogP contribution in [-0.2, 0) is 19.4 Å². The molecule has 1 saturated heterocycles. The van der Waals surface area contributed by atoms with Crippen LogP contribution in [-0.4, -0.2) is 56.3 Å². The van der Waals surface area contributed by atoms with Gasteiger partial charge in [0.15, 0.2) is 9.84 Å². The van der Waals surface area contributed by atoms with E-state index in [1.165, 1.54) is 4.90 Å². The average molecular weight is 248 g/mol. The van der Waals surface area contributed by atoms with Gasteiger partial charge in [-0.15, -0.1) is 0 Å². The molecule has 1 rings (SSSR count). The molecule has 0 unspecified atom stereocenters. The van der Waals surface area contributed by atoms with Crippen LogP contribution in [0.5, 0.6) is 0 Å². The van der Waals surface area contributed by atoms with Crippen molar-refractivity contribution in [1.82, 2.24) is 10.2 Å². The van der Waals surface area contributed by atoms with Gasteiger partial charge in [-0.3, -0.25) is 9.59 Å². The Morgan fingerprint density at radius 2 is 2.00 bits per heavy atom. The van der Waals surface area contributed by atoms with Crippen LogP contribution in [0.3, 0.4) is 0 Å². The van der Waals surface area contributed by atoms with Gasteiger partial charge in [-0.25, -0.2) is 8.42 Å². The second-order valence-corrected chi connectivity index (χ2v) is 6.05. The van der Waals surface area contributed by atoms with Gasteiger partial charge in [-0.2, -0.15) is 0 Å². The summed E-state index contributed by atoms with van der Waals surface area (Å²) < 4.78 is 22.8. The maximum absolute atomic E-state index is 11.4. The quantitative estimate of drug-likeness (QED) is 0.660. The van der Waals surface area contributed by atoms with Crippen LogP contribution in [0, 0.1) is 0 Å². The number of nitrogens with one attached hydrogen (secondary N) is 1. The maximum atomic E-state index is 11.4. The molecule has 0 aromatic heterocycles. The van der Waals surface area contributed by atoms with Crippen molar-refractivity contribution in [3.05, 3.63) is 0 Å². The number of carbonyl (C=O) groups excluding carboxylic acids is 2. The lowest BCUT2D eigenvalue weighted by molar-refractivity contribution is -0.140. The molecule has 1 fully saturated rings. The normalized spacial score (nSPS) is 17.4. The fourth-order valence-corrected chi connectivity index (χ4v) is 2.79. The Hall–Kier alpha value is -1.11. The first kappa shape index (κ1) is 13.0. The molecule has 0 bridgehead atoms. The van der Waals surface area contributed by atoms with E-state index < -0.39 is 9.84 Å². The second kappa shape index (κ2) is 5.29. The number of carbonyl (C=O) groups is 2. The van der Waals surface area contributed by atoms with Crippen molar-refractivity contribution in [1.29, 1.82) is 0 Å². The highest BCUT2D eigenvalue weighted by Gasteiger charge is 2.24. The largest absolute Gasteiger partial charge is 0.345 e. The third-order valence-electron chi connectivity index (χ3n) is 2.31. The number of sulfone groups is 1. The second-order valence-electron chi connectivity index (χ2n) is 3.74. The van der Waals surface area contributed by atoms with Crippen LogP contribution in [0.15, 0.2) is 0 Å². The maximum Gasteiger partial charge on any atom is 0.242 e. The molecule has 1 N–H and O–H groups in total. The molecule has 7 heteroatoms. The molecule has 0 aromatic rings. The minimum Gasteiger partial charge on any atom is -0.345 e. The molecule has 0 atom stereocenters. The summed E-state index contributed by atoms with van der Waals surface area (Å²) in [7, 11) is -3.10. The highest BCUT2D eigenvalue weighted by Crippen LogP contribution is 1.99. The molecule has 2 amide bonds. The summed E-state index contributed by atoms with van der Waals surface area (Å²) in [5, 5.41) is 2.40. The monoisotopic (exact) mass is 248 g/mol. The molecular weight excluding hydrogens is 232 g/mol. The third kappa shape index (κ3) is 3.80. The lowest BCUT2D eigenvalue weighted by atomic mass is 10.3. The van der Waals surface area contributed by atoms with Gasteiger partial charge in [-0.05, 0) is 6.42 Å². The lowest BCUT2D eigenvalue weighted by Gasteiger charge is -2.26. The van der Waals surface area contributed by atoms with Gasteiger partial charge in [0.1, 0.15) is 0 Å². The molecule has 0 aromatic carbocycles. The van der Waals surface area contributed by atoms with Crippen molar-refractivity contribution in [3.63, 3.8) is 0 Å². The van der Waals surface area contributed by atoms with Crippen LogP contribution >= 0.6 is 0 Å². The van der Waals surface area contributed by atoms with Crippen LogP contribution < -0.4 is 5.32 Å². The van der Waals surface area contributed by atoms with E-state index in [9.17, 15) is 18.0 Å². The summed E-state index contributed by atoms with van der Waals surface area (Å²) in [6.07, 6.45) is 0.566. The van der Waals surface area contributed by atoms with E-state index in [1.807, 2.05) is 0 Å². The molecule has 0 spiro atoms. The standard InChI is InChI=1S/C9H16N2O4S/c1-2-4-16(14,15)5-3-11-7-8(12)10-6-9(11)13/h2-7H2,1H3,(H,10,12). The first-order valence-electron chi connectivity index (χ1n) is 5.19. The van der Waals surface area contributed by atoms with E-state index in [1.54, 1.807) is 6.92 Å². The molecule has 6 nitrogen and oxygen atoms in total. The van der Waals surface area contributed by atoms with Crippen molar-refractivity contribution in [2.45, 2.75) is 13.3 Å². The Bertz CT molecular complexity index is 377. The Morgan fingerprint density at radius 3 is 2.62 bits per heavy atom. The minimum absolute atomic E-state index is 0.0351. The predicted octanol–water partition coefficient (Wildman–Crippen LogP) is -1.23. The first-order valence-corrected chi connectivity index (χ1v) is 7.01. The summed E-state index contributed by atoms with van der Waals surface area (Å²) in [4.78, 5) is 23.6. The number of piperazine rings is 1. The molecular formula is C9H16N2O4S. The Balaban J connectivity index is 2.48. The molecule has 16 heavy (non-hydrogen) atoms. The van der Waals surface area contributed by atoms with Crippen molar-refractivity contribution in [2.75, 3.05) is 31.1 Å². The number of nitrogens with zero attached hydrogens (tertiary/aromatic N) is 1. The molecule has 1 aliphatic heterocycles. The highest BCUT2D eigenvalue weighted by atomic mass is 32.2. The summed E-state index contributed by atoms with van der Waals surface area (Å²) in [5.74, 6) is -0.417. The van der Waals surface area contributed by atoms with E-state index >= 15 is 0 Å².